The minimum atomic E-state index is 0.0725. The molecule has 1 amide bonds. The summed E-state index contributed by atoms with van der Waals surface area (Å²) in [5, 5.41) is 2.99. The maximum Gasteiger partial charge on any atom is 0.220 e. The summed E-state index contributed by atoms with van der Waals surface area (Å²) < 4.78 is 0. The average Bonchev–Trinajstić information content (AvgIpc) is 2.51. The number of carbonyl (C=O) groups is 1. The van der Waals surface area contributed by atoms with E-state index in [-0.39, 0.29) is 5.91 Å². The van der Waals surface area contributed by atoms with Crippen molar-refractivity contribution in [1.29, 1.82) is 0 Å². The second-order valence-electron chi connectivity index (χ2n) is 5.14. The van der Waals surface area contributed by atoms with Crippen LogP contribution in [0.4, 0.5) is 5.69 Å². The molecule has 0 heterocycles. The number of nitrogens with two attached hydrogens (primary N) is 1. The summed E-state index contributed by atoms with van der Waals surface area (Å²) in [7, 11) is 0. The molecule has 3 nitrogen and oxygen atoms in total. The molecule has 2 aromatic carbocycles. The fourth-order valence-electron chi connectivity index (χ4n) is 2.36. The van der Waals surface area contributed by atoms with E-state index < -0.39 is 0 Å². The lowest BCUT2D eigenvalue weighted by Gasteiger charge is -2.09. The fourth-order valence-corrected chi connectivity index (χ4v) is 2.36. The summed E-state index contributed by atoms with van der Waals surface area (Å²) in [6.07, 6.45) is 2.18. The van der Waals surface area contributed by atoms with E-state index in [1.54, 1.807) is 0 Å². The normalized spacial score (nSPS) is 10.3. The van der Waals surface area contributed by atoms with Crippen molar-refractivity contribution in [3.63, 3.8) is 0 Å². The van der Waals surface area contributed by atoms with Crippen LogP contribution in [0.5, 0.6) is 0 Å². The Labute approximate surface area is 126 Å². The highest BCUT2D eigenvalue weighted by molar-refractivity contribution is 5.76. The van der Waals surface area contributed by atoms with E-state index in [0.717, 1.165) is 17.7 Å². The van der Waals surface area contributed by atoms with Gasteiger partial charge in [-0.2, -0.15) is 0 Å². The standard InChI is InChI=1S/C18H22N2O/c1-2-15-7-3-4-8-16(15)13-20-18(21)11-10-14-6-5-9-17(19)12-14/h3-9,12H,2,10-11,13,19H2,1H3,(H,20,21). The first kappa shape index (κ1) is 15.1. The van der Waals surface area contributed by atoms with Gasteiger partial charge >= 0.3 is 0 Å². The monoisotopic (exact) mass is 282 g/mol. The van der Waals surface area contributed by atoms with Gasteiger partial charge in [0.1, 0.15) is 0 Å². The molecule has 0 saturated heterocycles. The summed E-state index contributed by atoms with van der Waals surface area (Å²) in [5.41, 5.74) is 10.0. The van der Waals surface area contributed by atoms with Gasteiger partial charge in [-0.15, -0.1) is 0 Å². The molecule has 0 atom stereocenters. The molecule has 3 N–H and O–H groups in total. The number of anilines is 1. The van der Waals surface area contributed by atoms with Crippen molar-refractivity contribution >= 4 is 11.6 Å². The lowest BCUT2D eigenvalue weighted by molar-refractivity contribution is -0.121. The lowest BCUT2D eigenvalue weighted by Crippen LogP contribution is -2.23. The number of benzene rings is 2. The molecule has 0 aliphatic carbocycles. The number of hydrogen-bond acceptors (Lipinski definition) is 2. The quantitative estimate of drug-likeness (QED) is 0.800. The Morgan fingerprint density at radius 3 is 2.57 bits per heavy atom. The van der Waals surface area contributed by atoms with Gasteiger partial charge in [0.15, 0.2) is 0 Å². The van der Waals surface area contributed by atoms with Crippen LogP contribution >= 0.6 is 0 Å². The zero-order valence-corrected chi connectivity index (χ0v) is 12.4. The molecule has 2 rings (SSSR count). The van der Waals surface area contributed by atoms with Crippen LogP contribution in [0, 0.1) is 0 Å². The predicted molar refractivity (Wildman–Crippen MR) is 86.8 cm³/mol. The summed E-state index contributed by atoms with van der Waals surface area (Å²) in [5.74, 6) is 0.0725. The second kappa shape index (κ2) is 7.48. The molecule has 0 fully saturated rings. The molecule has 0 spiro atoms. The van der Waals surface area contributed by atoms with Crippen LogP contribution in [0.25, 0.3) is 0 Å². The van der Waals surface area contributed by atoms with E-state index in [1.165, 1.54) is 11.1 Å². The smallest absolute Gasteiger partial charge is 0.220 e. The molecule has 0 saturated carbocycles. The lowest BCUT2D eigenvalue weighted by atomic mass is 10.1. The van der Waals surface area contributed by atoms with Crippen molar-refractivity contribution in [2.24, 2.45) is 0 Å². The number of hydrogen-bond donors (Lipinski definition) is 2. The Morgan fingerprint density at radius 1 is 1.10 bits per heavy atom. The summed E-state index contributed by atoms with van der Waals surface area (Å²) >= 11 is 0. The molecule has 2 aromatic rings. The van der Waals surface area contributed by atoms with Crippen molar-refractivity contribution in [3.8, 4) is 0 Å². The van der Waals surface area contributed by atoms with Crippen LogP contribution in [0.2, 0.25) is 0 Å². The van der Waals surface area contributed by atoms with E-state index in [2.05, 4.69) is 24.4 Å². The van der Waals surface area contributed by atoms with Gasteiger partial charge < -0.3 is 11.1 Å². The highest BCUT2D eigenvalue weighted by Gasteiger charge is 2.04. The third-order valence-corrected chi connectivity index (χ3v) is 3.57. The topological polar surface area (TPSA) is 55.1 Å². The molecule has 3 heteroatoms. The van der Waals surface area contributed by atoms with Gasteiger partial charge in [0.25, 0.3) is 0 Å². The Bertz CT molecular complexity index is 608. The molecule has 0 unspecified atom stereocenters. The van der Waals surface area contributed by atoms with E-state index in [0.29, 0.717) is 19.4 Å². The largest absolute Gasteiger partial charge is 0.399 e. The first-order valence-corrected chi connectivity index (χ1v) is 7.37. The van der Waals surface area contributed by atoms with Crippen LogP contribution < -0.4 is 11.1 Å². The van der Waals surface area contributed by atoms with Gasteiger partial charge in [0, 0.05) is 18.7 Å². The zero-order valence-electron chi connectivity index (χ0n) is 12.4. The molecule has 21 heavy (non-hydrogen) atoms. The van der Waals surface area contributed by atoms with Crippen LogP contribution in [-0.2, 0) is 24.2 Å². The molecule has 0 aliphatic heterocycles. The molecule has 0 bridgehead atoms. The van der Waals surface area contributed by atoms with Crippen LogP contribution in [-0.4, -0.2) is 5.91 Å². The molecular weight excluding hydrogens is 260 g/mol. The van der Waals surface area contributed by atoms with Gasteiger partial charge in [-0.05, 0) is 41.7 Å². The van der Waals surface area contributed by atoms with Gasteiger partial charge in [-0.1, -0.05) is 43.3 Å². The van der Waals surface area contributed by atoms with Gasteiger partial charge in [-0.3, -0.25) is 4.79 Å². The maximum absolute atomic E-state index is 11.9. The van der Waals surface area contributed by atoms with Crippen LogP contribution in [0.1, 0.15) is 30.0 Å². The summed E-state index contributed by atoms with van der Waals surface area (Å²) in [6.45, 7) is 2.72. The Kier molecular flexibility index (Phi) is 5.38. The van der Waals surface area contributed by atoms with E-state index in [9.17, 15) is 4.79 Å². The van der Waals surface area contributed by atoms with Gasteiger partial charge in [0.05, 0.1) is 0 Å². The number of amides is 1. The first-order chi connectivity index (χ1) is 10.2. The van der Waals surface area contributed by atoms with Crippen LogP contribution in [0.3, 0.4) is 0 Å². The van der Waals surface area contributed by atoms with Crippen molar-refractivity contribution < 1.29 is 4.79 Å². The van der Waals surface area contributed by atoms with E-state index in [1.807, 2.05) is 36.4 Å². The van der Waals surface area contributed by atoms with E-state index >= 15 is 0 Å². The van der Waals surface area contributed by atoms with Gasteiger partial charge in [0.2, 0.25) is 5.91 Å². The Balaban J connectivity index is 1.82. The Hall–Kier alpha value is -2.29. The van der Waals surface area contributed by atoms with E-state index in [4.69, 9.17) is 5.73 Å². The highest BCUT2D eigenvalue weighted by atomic mass is 16.1. The number of aryl methyl sites for hydroxylation is 2. The molecule has 0 aliphatic rings. The average molecular weight is 282 g/mol. The van der Waals surface area contributed by atoms with Crippen LogP contribution in [0.15, 0.2) is 48.5 Å². The third kappa shape index (κ3) is 4.63. The van der Waals surface area contributed by atoms with Crippen molar-refractivity contribution in [2.45, 2.75) is 32.7 Å². The zero-order chi connectivity index (χ0) is 15.1. The van der Waals surface area contributed by atoms with Crippen molar-refractivity contribution in [1.82, 2.24) is 5.32 Å². The Morgan fingerprint density at radius 2 is 1.86 bits per heavy atom. The SMILES string of the molecule is CCc1ccccc1CNC(=O)CCc1cccc(N)c1. The number of rotatable bonds is 6. The number of nitrogens with one attached hydrogen (secondary N) is 1. The minimum absolute atomic E-state index is 0.0725. The van der Waals surface area contributed by atoms with Gasteiger partial charge in [-0.25, -0.2) is 0 Å². The molecule has 110 valence electrons. The third-order valence-electron chi connectivity index (χ3n) is 3.57. The molecule has 0 radical (unpaired) electrons. The molecular formula is C18H22N2O. The highest BCUT2D eigenvalue weighted by Crippen LogP contribution is 2.10. The predicted octanol–water partition coefficient (Wildman–Crippen LogP) is 3.08. The first-order valence-electron chi connectivity index (χ1n) is 7.37. The summed E-state index contributed by atoms with van der Waals surface area (Å²) in [4.78, 5) is 11.9. The fraction of sp³-hybridized carbons (Fsp3) is 0.278. The number of nitrogen functional groups attached to an aromatic ring is 1. The summed E-state index contributed by atoms with van der Waals surface area (Å²) in [6, 6.07) is 15.9. The minimum Gasteiger partial charge on any atom is -0.399 e. The molecule has 0 aromatic heterocycles. The van der Waals surface area contributed by atoms with Crippen molar-refractivity contribution in [2.75, 3.05) is 5.73 Å². The number of carbonyl (C=O) groups excluding carboxylic acids is 1. The van der Waals surface area contributed by atoms with Crippen molar-refractivity contribution in [3.05, 3.63) is 65.2 Å². The second-order valence-corrected chi connectivity index (χ2v) is 5.14. The maximum atomic E-state index is 11.9.